The molecule has 4 fully saturated rings. The maximum absolute atomic E-state index is 13.3. The predicted octanol–water partition coefficient (Wildman–Crippen LogP) is 1.09. The molecule has 0 aromatic heterocycles. The van der Waals surface area contributed by atoms with Gasteiger partial charge in [-0.1, -0.05) is 6.92 Å². The summed E-state index contributed by atoms with van der Waals surface area (Å²) in [4.78, 5) is 28.0. The summed E-state index contributed by atoms with van der Waals surface area (Å²) in [6, 6.07) is 0.745. The number of nitrogens with one attached hydrogen (secondary N) is 3. The van der Waals surface area contributed by atoms with Gasteiger partial charge in [0.2, 0.25) is 11.8 Å². The molecule has 4 rings (SSSR count). The predicted molar refractivity (Wildman–Crippen MR) is 111 cm³/mol. The van der Waals surface area contributed by atoms with E-state index in [1.807, 2.05) is 18.9 Å². The average molecular weight is 407 g/mol. The number of rotatable bonds is 3. The summed E-state index contributed by atoms with van der Waals surface area (Å²) in [7, 11) is 2.00. The van der Waals surface area contributed by atoms with Crippen LogP contribution in [0.2, 0.25) is 0 Å². The zero-order chi connectivity index (χ0) is 20.7. The molecule has 1 saturated carbocycles. The van der Waals surface area contributed by atoms with Crippen molar-refractivity contribution in [1.82, 2.24) is 20.9 Å². The van der Waals surface area contributed by atoms with Crippen molar-refractivity contribution in [3.8, 4) is 0 Å². The molecule has 3 saturated heterocycles. The van der Waals surface area contributed by atoms with Gasteiger partial charge in [0, 0.05) is 37.6 Å². The maximum Gasteiger partial charge on any atom is 0.239 e. The lowest BCUT2D eigenvalue weighted by Crippen LogP contribution is -2.60. The second-order valence-electron chi connectivity index (χ2n) is 10.0. The second kappa shape index (κ2) is 8.52. The van der Waals surface area contributed by atoms with Crippen LogP contribution in [0, 0.1) is 23.7 Å². The van der Waals surface area contributed by atoms with Crippen LogP contribution in [-0.2, 0) is 14.3 Å². The molecule has 0 spiro atoms. The number of likely N-dealkylation sites (tertiary alicyclic amines) is 1. The molecule has 0 radical (unpaired) electrons. The Bertz CT molecular complexity index is 629. The number of piperidine rings is 2. The van der Waals surface area contributed by atoms with Crippen LogP contribution in [0.4, 0.5) is 0 Å². The van der Waals surface area contributed by atoms with Gasteiger partial charge < -0.3 is 20.3 Å². The number of hydrogen-bond donors (Lipinski definition) is 3. The fraction of sp³-hybridized carbons (Fsp3) is 0.909. The first kappa shape index (κ1) is 21.1. The first-order chi connectivity index (χ1) is 13.8. The standard InChI is InChI=1S/C22H38N4O3/c1-12-5-6-16(25-21(27)19-11-29-14(3)24-19)9-17(12)18-8-15-10-23-13(2)7-20(15)26(4)22(18)28/h12-20,23-24H,5-11H2,1-4H3,(H,25,27). The Morgan fingerprint density at radius 1 is 1.17 bits per heavy atom. The van der Waals surface area contributed by atoms with Gasteiger partial charge in [-0.2, -0.15) is 0 Å². The quantitative estimate of drug-likeness (QED) is 0.654. The summed E-state index contributed by atoms with van der Waals surface area (Å²) in [5.74, 6) is 1.84. The Morgan fingerprint density at radius 3 is 2.69 bits per heavy atom. The highest BCUT2D eigenvalue weighted by Gasteiger charge is 2.47. The van der Waals surface area contributed by atoms with Crippen LogP contribution in [0.15, 0.2) is 0 Å². The number of fused-ring (bicyclic) bond motifs is 1. The molecule has 0 aromatic rings. The lowest BCUT2D eigenvalue weighted by molar-refractivity contribution is -0.148. The van der Waals surface area contributed by atoms with Crippen LogP contribution < -0.4 is 16.0 Å². The van der Waals surface area contributed by atoms with Crippen LogP contribution in [0.1, 0.15) is 52.9 Å². The molecule has 164 valence electrons. The molecule has 3 N–H and O–H groups in total. The summed E-state index contributed by atoms with van der Waals surface area (Å²) in [5.41, 5.74) is 0. The van der Waals surface area contributed by atoms with Gasteiger partial charge >= 0.3 is 0 Å². The fourth-order valence-electron chi connectivity index (χ4n) is 6.17. The van der Waals surface area contributed by atoms with Crippen molar-refractivity contribution >= 4 is 11.8 Å². The zero-order valence-corrected chi connectivity index (χ0v) is 18.3. The Kier molecular flexibility index (Phi) is 6.19. The summed E-state index contributed by atoms with van der Waals surface area (Å²) >= 11 is 0. The van der Waals surface area contributed by atoms with E-state index in [4.69, 9.17) is 4.74 Å². The van der Waals surface area contributed by atoms with E-state index in [0.29, 0.717) is 42.4 Å². The fourth-order valence-corrected chi connectivity index (χ4v) is 6.17. The molecule has 0 bridgehead atoms. The molecule has 7 nitrogen and oxygen atoms in total. The molecule has 1 aliphatic carbocycles. The number of ether oxygens (including phenoxy) is 1. The van der Waals surface area contributed by atoms with E-state index in [9.17, 15) is 9.59 Å². The Hall–Kier alpha value is -1.18. The minimum Gasteiger partial charge on any atom is -0.361 e. The molecule has 0 aromatic carbocycles. The minimum absolute atomic E-state index is 0.0327. The van der Waals surface area contributed by atoms with E-state index in [2.05, 4.69) is 29.8 Å². The topological polar surface area (TPSA) is 82.7 Å². The van der Waals surface area contributed by atoms with Gasteiger partial charge in [0.05, 0.1) is 6.61 Å². The van der Waals surface area contributed by atoms with Crippen LogP contribution in [-0.4, -0.2) is 67.3 Å². The van der Waals surface area contributed by atoms with Crippen molar-refractivity contribution < 1.29 is 14.3 Å². The minimum atomic E-state index is -0.263. The summed E-state index contributed by atoms with van der Waals surface area (Å²) in [5, 5.41) is 10.0. The van der Waals surface area contributed by atoms with E-state index in [-0.39, 0.29) is 30.1 Å². The molecule has 3 heterocycles. The third-order valence-electron chi connectivity index (χ3n) is 7.97. The van der Waals surface area contributed by atoms with Crippen molar-refractivity contribution in [1.29, 1.82) is 0 Å². The smallest absolute Gasteiger partial charge is 0.239 e. The molecule has 9 unspecified atom stereocenters. The average Bonchev–Trinajstić information content (AvgIpc) is 3.13. The van der Waals surface area contributed by atoms with Gasteiger partial charge in [-0.05, 0) is 63.7 Å². The van der Waals surface area contributed by atoms with Gasteiger partial charge in [0.1, 0.15) is 12.3 Å². The van der Waals surface area contributed by atoms with Crippen molar-refractivity contribution in [3.05, 3.63) is 0 Å². The van der Waals surface area contributed by atoms with Gasteiger partial charge in [0.25, 0.3) is 0 Å². The Balaban J connectivity index is 1.40. The molecular weight excluding hydrogens is 368 g/mol. The normalized spacial score (nSPS) is 45.7. The van der Waals surface area contributed by atoms with Gasteiger partial charge in [-0.25, -0.2) is 0 Å². The largest absolute Gasteiger partial charge is 0.361 e. The van der Waals surface area contributed by atoms with Crippen LogP contribution in [0.25, 0.3) is 0 Å². The highest BCUT2D eigenvalue weighted by Crippen LogP contribution is 2.43. The number of carbonyl (C=O) groups excluding carboxylic acids is 2. The van der Waals surface area contributed by atoms with E-state index >= 15 is 0 Å². The van der Waals surface area contributed by atoms with Gasteiger partial charge in [-0.3, -0.25) is 14.9 Å². The van der Waals surface area contributed by atoms with Crippen molar-refractivity contribution in [2.75, 3.05) is 20.2 Å². The van der Waals surface area contributed by atoms with Crippen molar-refractivity contribution in [2.24, 2.45) is 23.7 Å². The SMILES string of the molecule is CC1CC2C(CN1)CC(C1CC(NC(=O)C3COC(C)N3)CCC1C)C(=O)N2C. The number of carbonyl (C=O) groups is 2. The molecule has 9 atom stereocenters. The lowest BCUT2D eigenvalue weighted by atomic mass is 9.65. The summed E-state index contributed by atoms with van der Waals surface area (Å²) < 4.78 is 5.46. The van der Waals surface area contributed by atoms with Crippen LogP contribution in [0.3, 0.4) is 0 Å². The van der Waals surface area contributed by atoms with Crippen molar-refractivity contribution in [2.45, 2.75) is 83.3 Å². The van der Waals surface area contributed by atoms with Crippen LogP contribution in [0.5, 0.6) is 0 Å². The third-order valence-corrected chi connectivity index (χ3v) is 7.97. The molecule has 4 aliphatic rings. The van der Waals surface area contributed by atoms with E-state index in [0.717, 1.165) is 38.6 Å². The first-order valence-corrected chi connectivity index (χ1v) is 11.5. The molecule has 2 amide bonds. The lowest BCUT2D eigenvalue weighted by Gasteiger charge is -2.50. The third kappa shape index (κ3) is 4.32. The molecule has 3 aliphatic heterocycles. The Labute approximate surface area is 174 Å². The van der Waals surface area contributed by atoms with Crippen LogP contribution >= 0.6 is 0 Å². The number of hydrogen-bond acceptors (Lipinski definition) is 5. The molecular formula is C22H38N4O3. The highest BCUT2D eigenvalue weighted by atomic mass is 16.5. The van der Waals surface area contributed by atoms with E-state index < -0.39 is 0 Å². The highest BCUT2D eigenvalue weighted by molar-refractivity contribution is 5.82. The summed E-state index contributed by atoms with van der Waals surface area (Å²) in [6.07, 6.45) is 4.93. The number of nitrogens with zero attached hydrogens (tertiary/aromatic N) is 1. The van der Waals surface area contributed by atoms with E-state index in [1.165, 1.54) is 0 Å². The summed E-state index contributed by atoms with van der Waals surface area (Å²) in [6.45, 7) is 7.86. The Morgan fingerprint density at radius 2 is 1.97 bits per heavy atom. The monoisotopic (exact) mass is 406 g/mol. The van der Waals surface area contributed by atoms with Gasteiger partial charge in [-0.15, -0.1) is 0 Å². The molecule has 29 heavy (non-hydrogen) atoms. The maximum atomic E-state index is 13.3. The van der Waals surface area contributed by atoms with E-state index in [1.54, 1.807) is 0 Å². The molecule has 7 heteroatoms. The zero-order valence-electron chi connectivity index (χ0n) is 18.3. The number of amides is 2. The first-order valence-electron chi connectivity index (χ1n) is 11.5. The van der Waals surface area contributed by atoms with Crippen molar-refractivity contribution in [3.63, 3.8) is 0 Å². The van der Waals surface area contributed by atoms with Gasteiger partial charge in [0.15, 0.2) is 0 Å². The second-order valence-corrected chi connectivity index (χ2v) is 10.0.